The molecule has 0 aromatic carbocycles. The number of carbonyl (C=O) groups excluding carboxylic acids is 1. The highest BCUT2D eigenvalue weighted by molar-refractivity contribution is 5.82. The molecule has 8 nitrogen and oxygen atoms in total. The summed E-state index contributed by atoms with van der Waals surface area (Å²) in [7, 11) is 1.60. The molecule has 0 saturated carbocycles. The second kappa shape index (κ2) is 8.46. The number of hydrogen-bond donors (Lipinski definition) is 3. The maximum absolute atomic E-state index is 11.9. The molecule has 1 rings (SSSR count). The molecule has 0 aromatic heterocycles. The predicted molar refractivity (Wildman–Crippen MR) is 75.1 cm³/mol. The van der Waals surface area contributed by atoms with Crippen molar-refractivity contribution in [2.75, 3.05) is 33.2 Å². The lowest BCUT2D eigenvalue weighted by atomic mass is 10.1. The van der Waals surface area contributed by atoms with Crippen LogP contribution in [0, 0.1) is 0 Å². The van der Waals surface area contributed by atoms with Gasteiger partial charge in [-0.2, -0.15) is 0 Å². The fraction of sp³-hybridized carbons (Fsp3) is 0.769. The number of aliphatic carboxylic acids is 2. The summed E-state index contributed by atoms with van der Waals surface area (Å²) >= 11 is 0. The van der Waals surface area contributed by atoms with Gasteiger partial charge in [0.2, 0.25) is 0 Å². The number of urea groups is 1. The first-order chi connectivity index (χ1) is 9.90. The van der Waals surface area contributed by atoms with Crippen LogP contribution in [0.15, 0.2) is 0 Å². The highest BCUT2D eigenvalue weighted by Gasteiger charge is 2.23. The molecule has 0 unspecified atom stereocenters. The number of carbonyl (C=O) groups is 3. The number of hydrogen-bond acceptors (Lipinski definition) is 4. The molecule has 8 heteroatoms. The lowest BCUT2D eigenvalue weighted by Gasteiger charge is -2.23. The summed E-state index contributed by atoms with van der Waals surface area (Å²) < 4.78 is 0. The van der Waals surface area contributed by atoms with Crippen LogP contribution in [0.3, 0.4) is 0 Å². The van der Waals surface area contributed by atoms with E-state index < -0.39 is 24.0 Å². The van der Waals surface area contributed by atoms with Crippen molar-refractivity contribution in [2.45, 2.75) is 31.7 Å². The molecule has 1 saturated heterocycles. The van der Waals surface area contributed by atoms with Crippen molar-refractivity contribution < 1.29 is 24.6 Å². The fourth-order valence-electron chi connectivity index (χ4n) is 2.18. The van der Waals surface area contributed by atoms with Crippen molar-refractivity contribution in [1.82, 2.24) is 15.1 Å². The zero-order valence-electron chi connectivity index (χ0n) is 12.2. The average molecular weight is 301 g/mol. The van der Waals surface area contributed by atoms with E-state index >= 15 is 0 Å². The smallest absolute Gasteiger partial charge is 0.326 e. The molecule has 21 heavy (non-hydrogen) atoms. The van der Waals surface area contributed by atoms with Gasteiger partial charge in [0.15, 0.2) is 0 Å². The summed E-state index contributed by atoms with van der Waals surface area (Å²) in [5, 5.41) is 19.9. The number of nitrogens with one attached hydrogen (secondary N) is 1. The molecule has 3 N–H and O–H groups in total. The molecule has 120 valence electrons. The van der Waals surface area contributed by atoms with E-state index in [2.05, 4.69) is 10.2 Å². The lowest BCUT2D eigenvalue weighted by molar-refractivity contribution is -0.140. The topological polar surface area (TPSA) is 110 Å². The van der Waals surface area contributed by atoms with Crippen LogP contribution < -0.4 is 5.32 Å². The first-order valence-electron chi connectivity index (χ1n) is 7.08. The molecule has 0 aromatic rings. The Morgan fingerprint density at radius 2 is 1.86 bits per heavy atom. The third-order valence-electron chi connectivity index (χ3n) is 3.54. The van der Waals surface area contributed by atoms with Gasteiger partial charge in [-0.1, -0.05) is 0 Å². The van der Waals surface area contributed by atoms with Crippen molar-refractivity contribution >= 4 is 18.0 Å². The van der Waals surface area contributed by atoms with Crippen molar-refractivity contribution in [3.63, 3.8) is 0 Å². The van der Waals surface area contributed by atoms with Crippen LogP contribution in [0.25, 0.3) is 0 Å². The molecule has 1 atom stereocenters. The van der Waals surface area contributed by atoms with Gasteiger partial charge in [-0.05, 0) is 32.4 Å². The molecule has 2 amide bonds. The maximum Gasteiger partial charge on any atom is 0.326 e. The van der Waals surface area contributed by atoms with Crippen LogP contribution in [-0.4, -0.2) is 77.3 Å². The van der Waals surface area contributed by atoms with Gasteiger partial charge in [0.05, 0.1) is 0 Å². The largest absolute Gasteiger partial charge is 0.481 e. The second-order valence-electron chi connectivity index (χ2n) is 5.24. The van der Waals surface area contributed by atoms with E-state index in [0.29, 0.717) is 6.54 Å². The van der Waals surface area contributed by atoms with Crippen LogP contribution in [0.1, 0.15) is 25.7 Å². The lowest BCUT2D eigenvalue weighted by Crippen LogP contribution is -2.48. The maximum atomic E-state index is 11.9. The van der Waals surface area contributed by atoms with Crippen LogP contribution in [0.4, 0.5) is 4.79 Å². The number of carboxylic acids is 2. The normalized spacial score (nSPS) is 16.4. The van der Waals surface area contributed by atoms with Gasteiger partial charge in [0.25, 0.3) is 0 Å². The Bertz CT molecular complexity index is 382. The number of amides is 2. The number of likely N-dealkylation sites (N-methyl/N-ethyl adjacent to an activating group) is 1. The molecule has 0 spiro atoms. The molecular formula is C13H23N3O5. The first kappa shape index (κ1) is 17.2. The van der Waals surface area contributed by atoms with E-state index in [1.807, 2.05) is 0 Å². The van der Waals surface area contributed by atoms with Crippen molar-refractivity contribution in [2.24, 2.45) is 0 Å². The highest BCUT2D eigenvalue weighted by atomic mass is 16.4. The van der Waals surface area contributed by atoms with Crippen LogP contribution in [0.2, 0.25) is 0 Å². The van der Waals surface area contributed by atoms with E-state index in [4.69, 9.17) is 10.2 Å². The Kier molecular flexibility index (Phi) is 6.93. The Labute approximate surface area is 123 Å². The first-order valence-corrected chi connectivity index (χ1v) is 7.08. The summed E-state index contributed by atoms with van der Waals surface area (Å²) in [5.74, 6) is -2.31. The molecule has 0 bridgehead atoms. The minimum Gasteiger partial charge on any atom is -0.481 e. The standard InChI is InChI=1S/C13H23N3O5/c1-15(8-9-16-6-2-3-7-16)13(21)14-10(12(19)20)4-5-11(17)18/h10H,2-9H2,1H3,(H,14,21)(H,17,18)(H,19,20)/t10-/m0/s1. The number of carboxylic acid groups (broad SMARTS) is 2. The summed E-state index contributed by atoms with van der Waals surface area (Å²) in [6.45, 7) is 3.34. The molecular weight excluding hydrogens is 278 g/mol. The van der Waals surface area contributed by atoms with Gasteiger partial charge < -0.3 is 25.3 Å². The molecule has 1 aliphatic rings. The fourth-order valence-corrected chi connectivity index (χ4v) is 2.18. The van der Waals surface area contributed by atoms with Gasteiger partial charge in [-0.15, -0.1) is 0 Å². The number of nitrogens with zero attached hydrogens (tertiary/aromatic N) is 2. The second-order valence-corrected chi connectivity index (χ2v) is 5.24. The van der Waals surface area contributed by atoms with Crippen molar-refractivity contribution in [1.29, 1.82) is 0 Å². The Balaban J connectivity index is 2.36. The SMILES string of the molecule is CN(CCN1CCCC1)C(=O)N[C@@H](CCC(=O)O)C(=O)O. The van der Waals surface area contributed by atoms with E-state index in [0.717, 1.165) is 19.6 Å². The van der Waals surface area contributed by atoms with Gasteiger partial charge in [-0.25, -0.2) is 9.59 Å². The van der Waals surface area contributed by atoms with Gasteiger partial charge in [0, 0.05) is 26.6 Å². The van der Waals surface area contributed by atoms with E-state index in [-0.39, 0.29) is 12.8 Å². The highest BCUT2D eigenvalue weighted by Crippen LogP contribution is 2.06. The predicted octanol–water partition coefficient (Wildman–Crippen LogP) is 0.0416. The minimum atomic E-state index is -1.22. The van der Waals surface area contributed by atoms with Crippen LogP contribution in [-0.2, 0) is 9.59 Å². The molecule has 1 aliphatic heterocycles. The Hall–Kier alpha value is -1.83. The van der Waals surface area contributed by atoms with Gasteiger partial charge >= 0.3 is 18.0 Å². The number of rotatable bonds is 8. The van der Waals surface area contributed by atoms with Crippen molar-refractivity contribution in [3.05, 3.63) is 0 Å². The van der Waals surface area contributed by atoms with Gasteiger partial charge in [-0.3, -0.25) is 4.79 Å². The Morgan fingerprint density at radius 1 is 1.24 bits per heavy atom. The molecule has 1 fully saturated rings. The zero-order valence-corrected chi connectivity index (χ0v) is 12.2. The third kappa shape index (κ3) is 6.44. The van der Waals surface area contributed by atoms with E-state index in [9.17, 15) is 14.4 Å². The average Bonchev–Trinajstić information content (AvgIpc) is 2.93. The van der Waals surface area contributed by atoms with E-state index in [1.165, 1.54) is 17.7 Å². The zero-order chi connectivity index (χ0) is 15.8. The van der Waals surface area contributed by atoms with Crippen molar-refractivity contribution in [3.8, 4) is 0 Å². The summed E-state index contributed by atoms with van der Waals surface area (Å²) in [6, 6.07) is -1.67. The quantitative estimate of drug-likeness (QED) is 0.584. The molecule has 0 radical (unpaired) electrons. The van der Waals surface area contributed by atoms with E-state index in [1.54, 1.807) is 7.05 Å². The van der Waals surface area contributed by atoms with Gasteiger partial charge in [0.1, 0.15) is 6.04 Å². The Morgan fingerprint density at radius 3 is 2.38 bits per heavy atom. The monoisotopic (exact) mass is 301 g/mol. The number of likely N-dealkylation sites (tertiary alicyclic amines) is 1. The molecule has 1 heterocycles. The summed E-state index contributed by atoms with van der Waals surface area (Å²) in [6.07, 6.45) is 1.92. The minimum absolute atomic E-state index is 0.129. The third-order valence-corrected chi connectivity index (χ3v) is 3.54. The summed E-state index contributed by atoms with van der Waals surface area (Å²) in [5.41, 5.74) is 0. The summed E-state index contributed by atoms with van der Waals surface area (Å²) in [4.78, 5) is 37.0. The van der Waals surface area contributed by atoms with Crippen LogP contribution in [0.5, 0.6) is 0 Å². The molecule has 0 aliphatic carbocycles. The van der Waals surface area contributed by atoms with Crippen LogP contribution >= 0.6 is 0 Å².